The number of hydrogen-bond donors (Lipinski definition) is 2. The summed E-state index contributed by atoms with van der Waals surface area (Å²) >= 11 is 0. The number of rotatable bonds is 5. The van der Waals surface area contributed by atoms with Gasteiger partial charge in [-0.25, -0.2) is 4.98 Å². The molecule has 0 unspecified atom stereocenters. The minimum Gasteiger partial charge on any atom is -0.400 e. The van der Waals surface area contributed by atoms with Gasteiger partial charge < -0.3 is 16.0 Å². The number of carbonyl (C=O) groups is 2. The fraction of sp³-hybridized carbons (Fsp3) is 0.167. The molecule has 0 saturated carbocycles. The van der Waals surface area contributed by atoms with E-state index < -0.39 is 5.91 Å². The Balaban J connectivity index is 1.37. The lowest BCUT2D eigenvalue weighted by Gasteiger charge is -2.16. The summed E-state index contributed by atoms with van der Waals surface area (Å²) in [5, 5.41) is 6.89. The first-order valence-electron chi connectivity index (χ1n) is 10.9. The third-order valence-corrected chi connectivity index (χ3v) is 5.73. The fourth-order valence-corrected chi connectivity index (χ4v) is 3.99. The van der Waals surface area contributed by atoms with Crippen molar-refractivity contribution >= 4 is 29.6 Å². The van der Waals surface area contributed by atoms with Crippen LogP contribution in [0.4, 0.5) is 5.82 Å². The van der Waals surface area contributed by atoms with E-state index >= 15 is 0 Å². The smallest absolute Gasteiger partial charge is 0.275 e. The zero-order valence-electron chi connectivity index (χ0n) is 19.2. The summed E-state index contributed by atoms with van der Waals surface area (Å²) in [6, 6.07) is 11.4. The topological polar surface area (TPSA) is 136 Å². The lowest BCUT2D eigenvalue weighted by Crippen LogP contribution is -2.32. The first kappa shape index (κ1) is 22.0. The molecule has 1 aliphatic rings. The number of aromatic nitrogens is 5. The van der Waals surface area contributed by atoms with Crippen LogP contribution in [0.3, 0.4) is 0 Å². The standard InChI is InChI=1S/C24H23N9O2/c1-26-10-16-12-33(13-18(16)25)23(35)17-11-27-31(2)21(17)22(34)29-20-8-9-32-14-19(28-24(32)30-20)15-6-4-3-5-7-15/h3-11,14H,12-13,25H2,1-2H3,(H,28,29,30,34). The Kier molecular flexibility index (Phi) is 5.57. The highest BCUT2D eigenvalue weighted by molar-refractivity contribution is 6.11. The van der Waals surface area contributed by atoms with Crippen molar-refractivity contribution in [1.82, 2.24) is 29.0 Å². The Hall–Kier alpha value is -4.80. The van der Waals surface area contributed by atoms with E-state index in [1.54, 1.807) is 41.9 Å². The summed E-state index contributed by atoms with van der Waals surface area (Å²) < 4.78 is 3.14. The van der Waals surface area contributed by atoms with Gasteiger partial charge in [-0.2, -0.15) is 10.1 Å². The van der Waals surface area contributed by atoms with Crippen LogP contribution in [0.1, 0.15) is 20.8 Å². The lowest BCUT2D eigenvalue weighted by atomic mass is 10.2. The molecule has 0 fully saturated rings. The van der Waals surface area contributed by atoms with Crippen molar-refractivity contribution in [2.75, 3.05) is 25.5 Å². The summed E-state index contributed by atoms with van der Waals surface area (Å²) in [4.78, 5) is 40.9. The van der Waals surface area contributed by atoms with Gasteiger partial charge in [-0.3, -0.25) is 23.7 Å². The largest absolute Gasteiger partial charge is 0.400 e. The van der Waals surface area contributed by atoms with Gasteiger partial charge in [0.05, 0.1) is 24.0 Å². The number of nitrogens with zero attached hydrogens (tertiary/aromatic N) is 7. The zero-order valence-corrected chi connectivity index (χ0v) is 19.2. The summed E-state index contributed by atoms with van der Waals surface area (Å²) in [6.45, 7) is 0.581. The Morgan fingerprint density at radius 2 is 1.94 bits per heavy atom. The van der Waals surface area contributed by atoms with Gasteiger partial charge in [-0.1, -0.05) is 30.3 Å². The average Bonchev–Trinajstić information content (AvgIpc) is 3.56. The van der Waals surface area contributed by atoms with Crippen LogP contribution in [-0.4, -0.2) is 67.2 Å². The summed E-state index contributed by atoms with van der Waals surface area (Å²) in [6.07, 6.45) is 6.66. The Morgan fingerprint density at radius 1 is 1.14 bits per heavy atom. The van der Waals surface area contributed by atoms with Crippen molar-refractivity contribution in [2.45, 2.75) is 0 Å². The molecule has 11 nitrogen and oxygen atoms in total. The second-order valence-electron chi connectivity index (χ2n) is 8.10. The number of hydrogen-bond acceptors (Lipinski definition) is 7. The minimum absolute atomic E-state index is 0.126. The van der Waals surface area contributed by atoms with E-state index in [0.29, 0.717) is 23.8 Å². The van der Waals surface area contributed by atoms with Gasteiger partial charge in [0.2, 0.25) is 5.78 Å². The number of nitrogens with two attached hydrogens (primary N) is 1. The normalized spacial score (nSPS) is 13.8. The molecule has 35 heavy (non-hydrogen) atoms. The summed E-state index contributed by atoms with van der Waals surface area (Å²) in [5.41, 5.74) is 9.44. The van der Waals surface area contributed by atoms with Crippen LogP contribution in [0.2, 0.25) is 0 Å². The molecule has 0 saturated heterocycles. The fourth-order valence-electron chi connectivity index (χ4n) is 3.99. The molecule has 0 radical (unpaired) electrons. The molecule has 5 rings (SSSR count). The van der Waals surface area contributed by atoms with Crippen LogP contribution in [0.5, 0.6) is 0 Å². The van der Waals surface area contributed by atoms with Crippen molar-refractivity contribution in [2.24, 2.45) is 17.8 Å². The maximum atomic E-state index is 13.2. The third-order valence-electron chi connectivity index (χ3n) is 5.73. The van der Waals surface area contributed by atoms with Crippen LogP contribution in [0.15, 0.2) is 71.3 Å². The van der Waals surface area contributed by atoms with E-state index in [4.69, 9.17) is 5.73 Å². The first-order valence-corrected chi connectivity index (χ1v) is 10.9. The summed E-state index contributed by atoms with van der Waals surface area (Å²) in [7, 11) is 3.25. The molecule has 1 aromatic carbocycles. The maximum absolute atomic E-state index is 13.2. The van der Waals surface area contributed by atoms with Gasteiger partial charge in [-0.15, -0.1) is 0 Å². The number of aryl methyl sites for hydroxylation is 1. The molecular formula is C24H23N9O2. The molecule has 0 bridgehead atoms. The molecule has 11 heteroatoms. The zero-order chi connectivity index (χ0) is 24.5. The number of amides is 2. The van der Waals surface area contributed by atoms with Crippen molar-refractivity contribution < 1.29 is 9.59 Å². The van der Waals surface area contributed by atoms with Gasteiger partial charge in [-0.05, 0) is 6.07 Å². The summed E-state index contributed by atoms with van der Waals surface area (Å²) in [5.74, 6) is -0.0992. The molecular weight excluding hydrogens is 446 g/mol. The molecule has 176 valence electrons. The van der Waals surface area contributed by atoms with E-state index in [-0.39, 0.29) is 23.7 Å². The monoisotopic (exact) mass is 469 g/mol. The minimum atomic E-state index is -0.504. The Bertz CT molecular complexity index is 1500. The number of anilines is 1. The van der Waals surface area contributed by atoms with Gasteiger partial charge >= 0.3 is 0 Å². The van der Waals surface area contributed by atoms with Crippen molar-refractivity contribution in [3.63, 3.8) is 0 Å². The Morgan fingerprint density at radius 3 is 2.71 bits per heavy atom. The highest BCUT2D eigenvalue weighted by Gasteiger charge is 2.30. The molecule has 0 atom stereocenters. The molecule has 4 aromatic rings. The highest BCUT2D eigenvalue weighted by atomic mass is 16.2. The van der Waals surface area contributed by atoms with E-state index in [2.05, 4.69) is 25.4 Å². The van der Waals surface area contributed by atoms with Crippen LogP contribution in [-0.2, 0) is 7.05 Å². The van der Waals surface area contributed by atoms with Crippen molar-refractivity contribution in [1.29, 1.82) is 0 Å². The molecule has 0 aliphatic carbocycles. The predicted molar refractivity (Wildman–Crippen MR) is 131 cm³/mol. The molecule has 2 amide bonds. The van der Waals surface area contributed by atoms with Crippen LogP contribution >= 0.6 is 0 Å². The lowest BCUT2D eigenvalue weighted by molar-refractivity contribution is 0.0791. The van der Waals surface area contributed by atoms with E-state index in [0.717, 1.165) is 16.8 Å². The predicted octanol–water partition coefficient (Wildman–Crippen LogP) is 1.75. The maximum Gasteiger partial charge on any atom is 0.275 e. The van der Waals surface area contributed by atoms with Crippen molar-refractivity contribution in [3.05, 3.63) is 77.5 Å². The number of fused-ring (bicyclic) bond motifs is 1. The average molecular weight is 470 g/mol. The molecule has 0 spiro atoms. The second kappa shape index (κ2) is 8.86. The SMILES string of the molecule is CN=CC1=C(N)CN(C(=O)c2cnn(C)c2C(=O)Nc2ccn3cc(-c4ccccc4)nc3n2)C1. The number of carbonyl (C=O) groups excluding carboxylic acids is 2. The van der Waals surface area contributed by atoms with Gasteiger partial charge in [0.15, 0.2) is 0 Å². The van der Waals surface area contributed by atoms with Crippen LogP contribution in [0.25, 0.3) is 17.0 Å². The number of nitrogens with one attached hydrogen (secondary N) is 1. The van der Waals surface area contributed by atoms with Gasteiger partial charge in [0.25, 0.3) is 11.8 Å². The number of benzene rings is 1. The van der Waals surface area contributed by atoms with E-state index in [9.17, 15) is 9.59 Å². The highest BCUT2D eigenvalue weighted by Crippen LogP contribution is 2.21. The molecule has 3 N–H and O–H groups in total. The quantitative estimate of drug-likeness (QED) is 0.428. The second-order valence-corrected chi connectivity index (χ2v) is 8.10. The number of aliphatic imine (C=N–C) groups is 1. The van der Waals surface area contributed by atoms with Crippen LogP contribution < -0.4 is 11.1 Å². The van der Waals surface area contributed by atoms with Crippen molar-refractivity contribution in [3.8, 4) is 11.3 Å². The number of imidazole rings is 1. The molecule has 1 aliphatic heterocycles. The third kappa shape index (κ3) is 4.14. The Labute approximate surface area is 200 Å². The van der Waals surface area contributed by atoms with E-state index in [1.807, 2.05) is 36.5 Å². The van der Waals surface area contributed by atoms with Gasteiger partial charge in [0.1, 0.15) is 11.5 Å². The van der Waals surface area contributed by atoms with Crippen LogP contribution in [0, 0.1) is 0 Å². The molecule has 4 heterocycles. The first-order chi connectivity index (χ1) is 16.9. The van der Waals surface area contributed by atoms with Gasteiger partial charge in [0, 0.05) is 56.1 Å². The molecule has 3 aromatic heterocycles. The van der Waals surface area contributed by atoms with E-state index in [1.165, 1.54) is 10.9 Å².